The third kappa shape index (κ3) is 3.81. The molecule has 1 aliphatic heterocycles. The second-order valence-electron chi connectivity index (χ2n) is 6.65. The summed E-state index contributed by atoms with van der Waals surface area (Å²) in [6.07, 6.45) is 6.39. The SMILES string of the molecule is O=C(c1ccc(-n2ccnc2)nc1)N1CCN(S(=O)(=O)c2ccc(F)cc2F)CC1. The summed E-state index contributed by atoms with van der Waals surface area (Å²) in [6, 6.07) is 5.67. The predicted octanol–water partition coefficient (Wildman–Crippen LogP) is 1.69. The minimum atomic E-state index is -4.12. The highest BCUT2D eigenvalue weighted by atomic mass is 32.2. The molecule has 0 unspecified atom stereocenters. The van der Waals surface area contributed by atoms with Crippen molar-refractivity contribution < 1.29 is 22.0 Å². The molecule has 0 saturated carbocycles. The molecular weight excluding hydrogens is 416 g/mol. The van der Waals surface area contributed by atoms with Crippen molar-refractivity contribution in [3.63, 3.8) is 0 Å². The number of hydrogen-bond donors (Lipinski definition) is 0. The number of pyridine rings is 1. The third-order valence-corrected chi connectivity index (χ3v) is 6.73. The van der Waals surface area contributed by atoms with Gasteiger partial charge < -0.3 is 4.90 Å². The molecule has 0 bridgehead atoms. The van der Waals surface area contributed by atoms with E-state index < -0.39 is 26.6 Å². The molecule has 3 aromatic rings. The molecule has 2 aromatic heterocycles. The van der Waals surface area contributed by atoms with Crippen molar-refractivity contribution in [1.29, 1.82) is 0 Å². The average molecular weight is 433 g/mol. The second-order valence-corrected chi connectivity index (χ2v) is 8.55. The normalized spacial score (nSPS) is 15.3. The Labute approximate surface area is 171 Å². The van der Waals surface area contributed by atoms with Crippen LogP contribution in [0.15, 0.2) is 60.1 Å². The average Bonchev–Trinajstić information content (AvgIpc) is 3.28. The molecule has 0 N–H and O–H groups in total. The lowest BCUT2D eigenvalue weighted by molar-refractivity contribution is 0.0697. The monoisotopic (exact) mass is 433 g/mol. The van der Waals surface area contributed by atoms with Gasteiger partial charge in [-0.15, -0.1) is 0 Å². The first-order valence-electron chi connectivity index (χ1n) is 9.05. The van der Waals surface area contributed by atoms with Crippen LogP contribution < -0.4 is 0 Å². The lowest BCUT2D eigenvalue weighted by Crippen LogP contribution is -2.50. The molecule has 1 fully saturated rings. The van der Waals surface area contributed by atoms with Crippen molar-refractivity contribution >= 4 is 15.9 Å². The van der Waals surface area contributed by atoms with E-state index in [2.05, 4.69) is 9.97 Å². The van der Waals surface area contributed by atoms with Crippen molar-refractivity contribution in [2.75, 3.05) is 26.2 Å². The fourth-order valence-electron chi connectivity index (χ4n) is 3.20. The Kier molecular flexibility index (Phi) is 5.31. The number of piperazine rings is 1. The standard InChI is InChI=1S/C19H17F2N5O3S/c20-15-2-3-17(16(21)11-15)30(28,29)26-9-7-24(8-10-26)19(27)14-1-4-18(23-12-14)25-6-5-22-13-25/h1-6,11-13H,7-10H2. The topological polar surface area (TPSA) is 88.4 Å². The first-order valence-corrected chi connectivity index (χ1v) is 10.5. The van der Waals surface area contributed by atoms with Crippen molar-refractivity contribution in [2.45, 2.75) is 4.90 Å². The van der Waals surface area contributed by atoms with Crippen LogP contribution in [-0.4, -0.2) is 64.2 Å². The molecule has 30 heavy (non-hydrogen) atoms. The molecule has 8 nitrogen and oxygen atoms in total. The number of benzene rings is 1. The summed E-state index contributed by atoms with van der Waals surface area (Å²) in [6.45, 7) is 0.297. The number of aromatic nitrogens is 3. The Morgan fingerprint density at radius 2 is 1.80 bits per heavy atom. The van der Waals surface area contributed by atoms with Gasteiger partial charge in [0.1, 0.15) is 28.7 Å². The lowest BCUT2D eigenvalue weighted by Gasteiger charge is -2.34. The molecule has 0 aliphatic carbocycles. The summed E-state index contributed by atoms with van der Waals surface area (Å²) in [7, 11) is -4.12. The zero-order valence-corrected chi connectivity index (χ0v) is 16.5. The Morgan fingerprint density at radius 3 is 2.40 bits per heavy atom. The van der Waals surface area contributed by atoms with Crippen LogP contribution in [0, 0.1) is 11.6 Å². The minimum absolute atomic E-state index is 0.00540. The van der Waals surface area contributed by atoms with E-state index in [-0.39, 0.29) is 32.1 Å². The van der Waals surface area contributed by atoms with E-state index in [0.717, 1.165) is 16.4 Å². The van der Waals surface area contributed by atoms with Gasteiger partial charge in [0.25, 0.3) is 5.91 Å². The van der Waals surface area contributed by atoms with Gasteiger partial charge in [-0.05, 0) is 24.3 Å². The van der Waals surface area contributed by atoms with Crippen LogP contribution in [0.5, 0.6) is 0 Å². The molecule has 0 atom stereocenters. The number of rotatable bonds is 4. The highest BCUT2D eigenvalue weighted by Crippen LogP contribution is 2.22. The first kappa shape index (κ1) is 20.1. The molecular formula is C19H17F2N5O3S. The number of nitrogens with zero attached hydrogens (tertiary/aromatic N) is 5. The molecule has 1 aromatic carbocycles. The Morgan fingerprint density at radius 1 is 1.03 bits per heavy atom. The number of hydrogen-bond acceptors (Lipinski definition) is 5. The minimum Gasteiger partial charge on any atom is -0.336 e. The van der Waals surface area contributed by atoms with E-state index in [9.17, 15) is 22.0 Å². The summed E-state index contributed by atoms with van der Waals surface area (Å²) in [4.78, 5) is 21.8. The van der Waals surface area contributed by atoms with Gasteiger partial charge in [0, 0.05) is 50.8 Å². The number of sulfonamides is 1. The summed E-state index contributed by atoms with van der Waals surface area (Å²) in [5.74, 6) is -1.65. The molecule has 3 heterocycles. The van der Waals surface area contributed by atoms with Crippen molar-refractivity contribution in [2.24, 2.45) is 0 Å². The molecule has 4 rings (SSSR count). The molecule has 1 saturated heterocycles. The number of carbonyl (C=O) groups excluding carboxylic acids is 1. The third-order valence-electron chi connectivity index (χ3n) is 4.80. The van der Waals surface area contributed by atoms with Gasteiger partial charge in [-0.3, -0.25) is 9.36 Å². The Balaban J connectivity index is 1.43. The van der Waals surface area contributed by atoms with Gasteiger partial charge in [0.15, 0.2) is 0 Å². The lowest BCUT2D eigenvalue weighted by atomic mass is 10.2. The molecule has 156 valence electrons. The first-order chi connectivity index (χ1) is 14.4. The van der Waals surface area contributed by atoms with Crippen LogP contribution in [0.1, 0.15) is 10.4 Å². The van der Waals surface area contributed by atoms with E-state index >= 15 is 0 Å². The van der Waals surface area contributed by atoms with Gasteiger partial charge in [0.2, 0.25) is 10.0 Å². The van der Waals surface area contributed by atoms with Crippen LogP contribution in [0.25, 0.3) is 5.82 Å². The van der Waals surface area contributed by atoms with Crippen LogP contribution >= 0.6 is 0 Å². The van der Waals surface area contributed by atoms with E-state index in [1.54, 1.807) is 35.4 Å². The van der Waals surface area contributed by atoms with Gasteiger partial charge in [-0.1, -0.05) is 0 Å². The number of amides is 1. The molecule has 1 amide bonds. The van der Waals surface area contributed by atoms with Crippen LogP contribution in [0.2, 0.25) is 0 Å². The number of imidazole rings is 1. The predicted molar refractivity (Wildman–Crippen MR) is 102 cm³/mol. The summed E-state index contributed by atoms with van der Waals surface area (Å²) in [5.41, 5.74) is 0.375. The number of halogens is 2. The van der Waals surface area contributed by atoms with Gasteiger partial charge in [-0.25, -0.2) is 27.2 Å². The highest BCUT2D eigenvalue weighted by molar-refractivity contribution is 7.89. The van der Waals surface area contributed by atoms with Crippen LogP contribution in [0.3, 0.4) is 0 Å². The quantitative estimate of drug-likeness (QED) is 0.625. The smallest absolute Gasteiger partial charge is 0.255 e. The Bertz CT molecular complexity index is 1160. The molecule has 1 aliphatic rings. The van der Waals surface area contributed by atoms with E-state index in [1.165, 1.54) is 11.1 Å². The molecule has 0 radical (unpaired) electrons. The maximum absolute atomic E-state index is 13.9. The zero-order valence-electron chi connectivity index (χ0n) is 15.6. The Hall–Kier alpha value is -3.18. The van der Waals surface area contributed by atoms with Gasteiger partial charge in [0.05, 0.1) is 5.56 Å². The van der Waals surface area contributed by atoms with Crippen LogP contribution in [-0.2, 0) is 10.0 Å². The van der Waals surface area contributed by atoms with Gasteiger partial charge >= 0.3 is 0 Å². The second kappa shape index (κ2) is 7.92. The zero-order chi connectivity index (χ0) is 21.3. The van der Waals surface area contributed by atoms with Crippen LogP contribution in [0.4, 0.5) is 8.78 Å². The maximum Gasteiger partial charge on any atom is 0.255 e. The van der Waals surface area contributed by atoms with Crippen molar-refractivity contribution in [1.82, 2.24) is 23.7 Å². The van der Waals surface area contributed by atoms with Crippen molar-refractivity contribution in [3.05, 3.63) is 72.4 Å². The van der Waals surface area contributed by atoms with E-state index in [0.29, 0.717) is 17.4 Å². The fourth-order valence-corrected chi connectivity index (χ4v) is 4.67. The highest BCUT2D eigenvalue weighted by Gasteiger charge is 2.32. The van der Waals surface area contributed by atoms with Gasteiger partial charge in [-0.2, -0.15) is 4.31 Å². The largest absolute Gasteiger partial charge is 0.336 e. The van der Waals surface area contributed by atoms with Crippen molar-refractivity contribution in [3.8, 4) is 5.82 Å². The fraction of sp³-hybridized carbons (Fsp3) is 0.211. The summed E-state index contributed by atoms with van der Waals surface area (Å²) >= 11 is 0. The maximum atomic E-state index is 13.9. The number of carbonyl (C=O) groups is 1. The molecule has 0 spiro atoms. The molecule has 11 heteroatoms. The van der Waals surface area contributed by atoms with E-state index in [1.807, 2.05) is 0 Å². The van der Waals surface area contributed by atoms with E-state index in [4.69, 9.17) is 0 Å². The summed E-state index contributed by atoms with van der Waals surface area (Å²) < 4.78 is 55.1. The summed E-state index contributed by atoms with van der Waals surface area (Å²) in [5, 5.41) is 0.